The van der Waals surface area contributed by atoms with E-state index in [1.54, 1.807) is 24.3 Å². The molecule has 2 saturated heterocycles. The summed E-state index contributed by atoms with van der Waals surface area (Å²) in [4.78, 5) is 32.0. The fourth-order valence-corrected chi connectivity index (χ4v) is 7.00. The highest BCUT2D eigenvalue weighted by atomic mass is 19.1. The van der Waals surface area contributed by atoms with Crippen molar-refractivity contribution in [3.8, 4) is 0 Å². The number of nitrogens with zero attached hydrogens (tertiary/aromatic N) is 2. The predicted octanol–water partition coefficient (Wildman–Crippen LogP) is 6.37. The number of amides is 2. The summed E-state index contributed by atoms with van der Waals surface area (Å²) >= 11 is 0. The number of carbonyl (C=O) groups is 2. The van der Waals surface area contributed by atoms with E-state index in [1.807, 2.05) is 17.0 Å². The summed E-state index contributed by atoms with van der Waals surface area (Å²) < 4.78 is 13.6. The Morgan fingerprint density at radius 2 is 1.52 bits per heavy atom. The minimum absolute atomic E-state index is 0.0423. The van der Waals surface area contributed by atoms with E-state index in [4.69, 9.17) is 0 Å². The Morgan fingerprint density at radius 3 is 2.24 bits per heavy atom. The molecule has 2 heterocycles. The fourth-order valence-electron chi connectivity index (χ4n) is 7.00. The van der Waals surface area contributed by atoms with Gasteiger partial charge in [0.15, 0.2) is 0 Å². The molecular weight excluding hydrogens is 575 g/mol. The molecule has 6 rings (SSSR count). The van der Waals surface area contributed by atoms with Crippen LogP contribution < -0.4 is 10.6 Å². The Bertz CT molecular complexity index is 1550. The van der Waals surface area contributed by atoms with E-state index in [1.165, 1.54) is 42.5 Å². The maximum atomic E-state index is 14.2. The van der Waals surface area contributed by atoms with Gasteiger partial charge in [-0.3, -0.25) is 9.59 Å². The summed E-state index contributed by atoms with van der Waals surface area (Å²) in [6.07, 6.45) is 6.27. The highest BCUT2D eigenvalue weighted by molar-refractivity contribution is 5.98. The van der Waals surface area contributed by atoms with Crippen molar-refractivity contribution in [2.24, 2.45) is 0 Å². The average molecular weight is 621 g/mol. The number of piperidine rings is 1. The lowest BCUT2D eigenvalue weighted by atomic mass is 9.90. The molecule has 0 unspecified atom stereocenters. The number of halogens is 1. The highest BCUT2D eigenvalue weighted by Gasteiger charge is 2.32. The van der Waals surface area contributed by atoms with Crippen LogP contribution in [0.25, 0.3) is 10.8 Å². The van der Waals surface area contributed by atoms with Gasteiger partial charge in [-0.2, -0.15) is 0 Å². The summed E-state index contributed by atoms with van der Waals surface area (Å²) in [5, 5.41) is 8.36. The summed E-state index contributed by atoms with van der Waals surface area (Å²) in [7, 11) is 0. The van der Waals surface area contributed by atoms with Crippen LogP contribution in [-0.2, 0) is 4.79 Å². The van der Waals surface area contributed by atoms with E-state index in [2.05, 4.69) is 64.1 Å². The van der Waals surface area contributed by atoms with Crippen molar-refractivity contribution in [3.63, 3.8) is 0 Å². The number of nitrogens with one attached hydrogen (secondary N) is 2. The number of rotatable bonds is 11. The molecule has 240 valence electrons. The van der Waals surface area contributed by atoms with Gasteiger partial charge in [-0.15, -0.1) is 0 Å². The van der Waals surface area contributed by atoms with Gasteiger partial charge in [-0.25, -0.2) is 4.39 Å². The molecular formula is C39H45FN4O2. The predicted molar refractivity (Wildman–Crippen MR) is 182 cm³/mol. The molecule has 4 aromatic carbocycles. The summed E-state index contributed by atoms with van der Waals surface area (Å²) in [6, 6.07) is 30.4. The number of benzene rings is 4. The zero-order valence-corrected chi connectivity index (χ0v) is 26.5. The first-order valence-electron chi connectivity index (χ1n) is 16.9. The molecule has 2 aliphatic rings. The quantitative estimate of drug-likeness (QED) is 0.205. The molecule has 0 saturated carbocycles. The molecule has 7 heteroatoms. The number of likely N-dealkylation sites (tertiary alicyclic amines) is 1. The molecule has 0 bridgehead atoms. The van der Waals surface area contributed by atoms with Crippen molar-refractivity contribution < 1.29 is 14.0 Å². The molecule has 2 amide bonds. The van der Waals surface area contributed by atoms with Gasteiger partial charge in [0.2, 0.25) is 5.91 Å². The topological polar surface area (TPSA) is 64.7 Å². The number of hydrogen-bond donors (Lipinski definition) is 2. The first-order chi connectivity index (χ1) is 22.5. The van der Waals surface area contributed by atoms with Crippen molar-refractivity contribution in [2.75, 3.05) is 39.3 Å². The van der Waals surface area contributed by atoms with Crippen molar-refractivity contribution in [1.29, 1.82) is 0 Å². The van der Waals surface area contributed by atoms with Crippen molar-refractivity contribution in [2.45, 2.75) is 56.5 Å². The molecule has 0 spiro atoms. The summed E-state index contributed by atoms with van der Waals surface area (Å²) in [5.41, 5.74) is 2.93. The lowest BCUT2D eigenvalue weighted by Gasteiger charge is -2.30. The van der Waals surface area contributed by atoms with E-state index < -0.39 is 0 Å². The van der Waals surface area contributed by atoms with Crippen molar-refractivity contribution in [3.05, 3.63) is 120 Å². The Kier molecular flexibility index (Phi) is 10.7. The van der Waals surface area contributed by atoms with Crippen LogP contribution in [0.1, 0.15) is 65.9 Å². The maximum Gasteiger partial charge on any atom is 0.251 e. The van der Waals surface area contributed by atoms with Crippen LogP contribution in [0.3, 0.4) is 0 Å². The Labute approximate surface area is 272 Å². The third-order valence-corrected chi connectivity index (χ3v) is 9.59. The monoisotopic (exact) mass is 620 g/mol. The lowest BCUT2D eigenvalue weighted by Crippen LogP contribution is -2.49. The normalized spacial score (nSPS) is 19.3. The fraction of sp³-hybridized carbons (Fsp3) is 0.385. The van der Waals surface area contributed by atoms with E-state index in [0.717, 1.165) is 49.7 Å². The first-order valence-corrected chi connectivity index (χ1v) is 16.9. The maximum absolute atomic E-state index is 14.2. The summed E-state index contributed by atoms with van der Waals surface area (Å²) in [5.74, 6) is -0.253. The third kappa shape index (κ3) is 8.20. The summed E-state index contributed by atoms with van der Waals surface area (Å²) in [6.45, 7) is 4.94. The molecule has 46 heavy (non-hydrogen) atoms. The van der Waals surface area contributed by atoms with Gasteiger partial charge in [-0.05, 0) is 97.9 Å². The van der Waals surface area contributed by atoms with Gasteiger partial charge >= 0.3 is 0 Å². The molecule has 2 fully saturated rings. The van der Waals surface area contributed by atoms with Crippen molar-refractivity contribution in [1.82, 2.24) is 20.4 Å². The van der Waals surface area contributed by atoms with Gasteiger partial charge in [-0.1, -0.05) is 79.2 Å². The van der Waals surface area contributed by atoms with Crippen molar-refractivity contribution >= 4 is 22.6 Å². The van der Waals surface area contributed by atoms with Crippen LogP contribution in [0.5, 0.6) is 0 Å². The SMILES string of the molecule is O=C(NC[C@H]1CCN(CC(c2ccccc2)c2ccccc2)C(=O)[C@@H](CCCN2CCCCC2)N1)c1ccc2cc(F)ccc2c1. The highest BCUT2D eigenvalue weighted by Crippen LogP contribution is 2.27. The van der Waals surface area contributed by atoms with Crippen LogP contribution in [0.2, 0.25) is 0 Å². The molecule has 0 radical (unpaired) electrons. The molecule has 2 aliphatic heterocycles. The Hall–Kier alpha value is -4.07. The van der Waals surface area contributed by atoms with E-state index >= 15 is 0 Å². The van der Waals surface area contributed by atoms with Crippen LogP contribution in [0.4, 0.5) is 4.39 Å². The standard InChI is InChI=1S/C39H45FN4O2/c40-34-19-18-31-25-33(17-16-32(31)26-34)38(45)41-27-35-20-24-44(39(46)37(42-35)15-10-23-43-21-8-3-9-22-43)28-36(29-11-4-1-5-12-29)30-13-6-2-7-14-30/h1-2,4-7,11-14,16-19,25-26,35-37,42H,3,8-10,15,20-24,27-28H2,(H,41,45)/t35-,37-/m1/s1. The molecule has 2 N–H and O–H groups in total. The van der Waals surface area contributed by atoms with E-state index in [9.17, 15) is 14.0 Å². The second-order valence-electron chi connectivity index (χ2n) is 12.8. The van der Waals surface area contributed by atoms with E-state index in [0.29, 0.717) is 25.2 Å². The second kappa shape index (κ2) is 15.5. The van der Waals surface area contributed by atoms with Gasteiger partial charge in [0.25, 0.3) is 5.91 Å². The van der Waals surface area contributed by atoms with E-state index in [-0.39, 0.29) is 35.6 Å². The zero-order valence-electron chi connectivity index (χ0n) is 26.5. The molecule has 2 atom stereocenters. The van der Waals surface area contributed by atoms with Gasteiger partial charge in [0, 0.05) is 37.2 Å². The zero-order chi connectivity index (χ0) is 31.7. The van der Waals surface area contributed by atoms with Crippen LogP contribution >= 0.6 is 0 Å². The Balaban J connectivity index is 1.16. The number of hydrogen-bond acceptors (Lipinski definition) is 4. The van der Waals surface area contributed by atoms with Crippen LogP contribution in [0, 0.1) is 5.82 Å². The number of carbonyl (C=O) groups excluding carboxylic acids is 2. The first kappa shape index (κ1) is 31.9. The number of fused-ring (bicyclic) bond motifs is 1. The third-order valence-electron chi connectivity index (χ3n) is 9.59. The van der Waals surface area contributed by atoms with Crippen LogP contribution in [-0.4, -0.2) is 73.0 Å². The van der Waals surface area contributed by atoms with Crippen LogP contribution in [0.15, 0.2) is 97.1 Å². The average Bonchev–Trinajstić information content (AvgIpc) is 3.24. The smallest absolute Gasteiger partial charge is 0.251 e. The molecule has 0 aromatic heterocycles. The minimum Gasteiger partial charge on any atom is -0.350 e. The second-order valence-corrected chi connectivity index (χ2v) is 12.8. The largest absolute Gasteiger partial charge is 0.350 e. The minimum atomic E-state index is -0.308. The van der Waals surface area contributed by atoms with Gasteiger partial charge in [0.05, 0.1) is 6.04 Å². The van der Waals surface area contributed by atoms with Gasteiger partial charge < -0.3 is 20.4 Å². The molecule has 0 aliphatic carbocycles. The van der Waals surface area contributed by atoms with Gasteiger partial charge in [0.1, 0.15) is 5.82 Å². The molecule has 6 nitrogen and oxygen atoms in total. The molecule has 4 aromatic rings. The Morgan fingerprint density at radius 1 is 0.848 bits per heavy atom. The lowest BCUT2D eigenvalue weighted by molar-refractivity contribution is -0.133.